The molecule has 1 aliphatic rings. The van der Waals surface area contributed by atoms with Gasteiger partial charge in [0.05, 0.1) is 6.54 Å². The third-order valence-corrected chi connectivity index (χ3v) is 2.32. The number of carbonyl (C=O) groups is 3. The van der Waals surface area contributed by atoms with Crippen molar-refractivity contribution in [2.24, 2.45) is 5.92 Å². The first kappa shape index (κ1) is 12.4. The Hall–Kier alpha value is -1.63. The van der Waals surface area contributed by atoms with Gasteiger partial charge >= 0.3 is 5.97 Å². The van der Waals surface area contributed by atoms with E-state index < -0.39 is 18.4 Å². The van der Waals surface area contributed by atoms with Crippen LogP contribution >= 0.6 is 0 Å². The number of rotatable bonds is 5. The fraction of sp³-hybridized carbons (Fsp3) is 0.667. The van der Waals surface area contributed by atoms with Crippen LogP contribution in [0.5, 0.6) is 0 Å². The topological polar surface area (TPSA) is 107 Å². The van der Waals surface area contributed by atoms with Gasteiger partial charge in [0, 0.05) is 25.5 Å². The van der Waals surface area contributed by atoms with Crippen molar-refractivity contribution in [2.75, 3.05) is 26.2 Å². The van der Waals surface area contributed by atoms with E-state index in [4.69, 9.17) is 10.2 Å². The van der Waals surface area contributed by atoms with E-state index in [0.29, 0.717) is 6.54 Å². The van der Waals surface area contributed by atoms with E-state index in [2.05, 4.69) is 5.32 Å². The highest BCUT2D eigenvalue weighted by Crippen LogP contribution is 2.16. The zero-order chi connectivity index (χ0) is 12.1. The van der Waals surface area contributed by atoms with Gasteiger partial charge < -0.3 is 20.4 Å². The minimum absolute atomic E-state index is 0.0843. The fourth-order valence-corrected chi connectivity index (χ4v) is 1.53. The summed E-state index contributed by atoms with van der Waals surface area (Å²) >= 11 is 0. The number of nitrogens with zero attached hydrogens (tertiary/aromatic N) is 1. The van der Waals surface area contributed by atoms with Crippen molar-refractivity contribution in [3.63, 3.8) is 0 Å². The van der Waals surface area contributed by atoms with Gasteiger partial charge in [0.2, 0.25) is 11.8 Å². The van der Waals surface area contributed by atoms with Crippen LogP contribution in [0, 0.1) is 5.92 Å². The molecule has 1 heterocycles. The average molecular weight is 230 g/mol. The molecule has 0 aromatic heterocycles. The van der Waals surface area contributed by atoms with E-state index in [-0.39, 0.29) is 31.4 Å². The Bertz CT molecular complexity index is 304. The van der Waals surface area contributed by atoms with Crippen LogP contribution < -0.4 is 5.32 Å². The first-order chi connectivity index (χ1) is 7.52. The van der Waals surface area contributed by atoms with Crippen molar-refractivity contribution in [3.8, 4) is 0 Å². The van der Waals surface area contributed by atoms with Crippen LogP contribution in [0.2, 0.25) is 0 Å². The third-order valence-electron chi connectivity index (χ3n) is 2.32. The van der Waals surface area contributed by atoms with Gasteiger partial charge in [-0.3, -0.25) is 14.4 Å². The lowest BCUT2D eigenvalue weighted by Gasteiger charge is -2.15. The Balaban J connectivity index is 2.34. The van der Waals surface area contributed by atoms with Gasteiger partial charge in [-0.1, -0.05) is 0 Å². The number of aliphatic hydroxyl groups is 1. The van der Waals surface area contributed by atoms with Crippen LogP contribution in [0.15, 0.2) is 0 Å². The number of amides is 2. The largest absolute Gasteiger partial charge is 0.480 e. The van der Waals surface area contributed by atoms with Crippen LogP contribution in [0.4, 0.5) is 0 Å². The second-order valence-electron chi connectivity index (χ2n) is 3.70. The molecule has 1 saturated heterocycles. The highest BCUT2D eigenvalue weighted by atomic mass is 16.4. The highest BCUT2D eigenvalue weighted by Gasteiger charge is 2.30. The van der Waals surface area contributed by atoms with Gasteiger partial charge in [-0.05, 0) is 0 Å². The molecule has 1 aliphatic heterocycles. The maximum absolute atomic E-state index is 11.3. The second kappa shape index (κ2) is 5.45. The SMILES string of the molecule is O=C(O)CNC(=O)CN1CC(CO)CC1=O. The molecule has 1 rings (SSSR count). The number of carbonyl (C=O) groups excluding carboxylic acids is 2. The molecule has 1 unspecified atom stereocenters. The molecule has 0 aliphatic carbocycles. The first-order valence-electron chi connectivity index (χ1n) is 4.90. The predicted octanol–water partition coefficient (Wildman–Crippen LogP) is -1.97. The molecule has 3 N–H and O–H groups in total. The summed E-state index contributed by atoms with van der Waals surface area (Å²) in [6.07, 6.45) is 0.239. The van der Waals surface area contributed by atoms with Crippen molar-refractivity contribution in [3.05, 3.63) is 0 Å². The van der Waals surface area contributed by atoms with Gasteiger partial charge in [0.25, 0.3) is 0 Å². The van der Waals surface area contributed by atoms with Gasteiger partial charge in [0.15, 0.2) is 0 Å². The quantitative estimate of drug-likeness (QED) is 0.507. The molecule has 1 fully saturated rings. The van der Waals surface area contributed by atoms with Crippen LogP contribution in [0.25, 0.3) is 0 Å². The van der Waals surface area contributed by atoms with Crippen LogP contribution in [-0.4, -0.2) is 59.1 Å². The van der Waals surface area contributed by atoms with Crippen molar-refractivity contribution in [1.29, 1.82) is 0 Å². The monoisotopic (exact) mass is 230 g/mol. The standard InChI is InChI=1S/C9H14N2O5/c12-5-6-1-8(14)11(3-6)4-7(13)10-2-9(15)16/h6,12H,1-5H2,(H,10,13)(H,15,16). The van der Waals surface area contributed by atoms with Crippen LogP contribution in [0.1, 0.15) is 6.42 Å². The molecule has 0 radical (unpaired) electrons. The molecule has 1 atom stereocenters. The maximum Gasteiger partial charge on any atom is 0.322 e. The molecule has 0 aromatic rings. The Morgan fingerprint density at radius 2 is 2.19 bits per heavy atom. The lowest BCUT2D eigenvalue weighted by Crippen LogP contribution is -2.40. The maximum atomic E-state index is 11.3. The van der Waals surface area contributed by atoms with E-state index in [1.165, 1.54) is 4.90 Å². The molecule has 7 heteroatoms. The van der Waals surface area contributed by atoms with E-state index in [9.17, 15) is 14.4 Å². The molecular weight excluding hydrogens is 216 g/mol. The summed E-state index contributed by atoms with van der Waals surface area (Å²) in [7, 11) is 0. The van der Waals surface area contributed by atoms with Gasteiger partial charge in [-0.2, -0.15) is 0 Å². The molecule has 90 valence electrons. The lowest BCUT2D eigenvalue weighted by atomic mass is 10.1. The number of nitrogens with one attached hydrogen (secondary N) is 1. The second-order valence-corrected chi connectivity index (χ2v) is 3.70. The molecule has 0 saturated carbocycles. The molecular formula is C9H14N2O5. The minimum atomic E-state index is -1.13. The fourth-order valence-electron chi connectivity index (χ4n) is 1.53. The van der Waals surface area contributed by atoms with Gasteiger partial charge in [-0.15, -0.1) is 0 Å². The molecule has 0 aromatic carbocycles. The number of carboxylic acids is 1. The van der Waals surface area contributed by atoms with Crippen molar-refractivity contribution in [2.45, 2.75) is 6.42 Å². The Morgan fingerprint density at radius 1 is 1.50 bits per heavy atom. The van der Waals surface area contributed by atoms with Gasteiger partial charge in [0.1, 0.15) is 6.54 Å². The highest BCUT2D eigenvalue weighted by molar-refractivity contribution is 5.87. The van der Waals surface area contributed by atoms with E-state index in [0.717, 1.165) is 0 Å². The van der Waals surface area contributed by atoms with Crippen molar-refractivity contribution < 1.29 is 24.6 Å². The Labute approximate surface area is 92.0 Å². The minimum Gasteiger partial charge on any atom is -0.480 e. The zero-order valence-corrected chi connectivity index (χ0v) is 8.68. The van der Waals surface area contributed by atoms with E-state index in [1.54, 1.807) is 0 Å². The molecule has 0 bridgehead atoms. The zero-order valence-electron chi connectivity index (χ0n) is 8.68. The number of aliphatic carboxylic acids is 1. The summed E-state index contributed by atoms with van der Waals surface area (Å²) in [6, 6.07) is 0. The molecule has 2 amide bonds. The number of carboxylic acid groups (broad SMARTS) is 1. The predicted molar refractivity (Wildman–Crippen MR) is 52.4 cm³/mol. The summed E-state index contributed by atoms with van der Waals surface area (Å²) in [4.78, 5) is 34.0. The van der Waals surface area contributed by atoms with Crippen LogP contribution in [-0.2, 0) is 14.4 Å². The lowest BCUT2D eigenvalue weighted by molar-refractivity contribution is -0.138. The van der Waals surface area contributed by atoms with Crippen LogP contribution in [0.3, 0.4) is 0 Å². The number of hydrogen-bond acceptors (Lipinski definition) is 4. The smallest absolute Gasteiger partial charge is 0.322 e. The summed E-state index contributed by atoms with van der Waals surface area (Å²) in [5.74, 6) is -1.95. The van der Waals surface area contributed by atoms with E-state index >= 15 is 0 Å². The third kappa shape index (κ3) is 3.50. The summed E-state index contributed by atoms with van der Waals surface area (Å²) in [6.45, 7) is -0.346. The van der Waals surface area contributed by atoms with Crippen molar-refractivity contribution >= 4 is 17.8 Å². The first-order valence-corrected chi connectivity index (χ1v) is 4.90. The normalized spacial score (nSPS) is 19.9. The number of aliphatic hydroxyl groups excluding tert-OH is 1. The Kier molecular flexibility index (Phi) is 4.24. The van der Waals surface area contributed by atoms with E-state index in [1.807, 2.05) is 0 Å². The summed E-state index contributed by atoms with van der Waals surface area (Å²) in [5.41, 5.74) is 0. The summed E-state index contributed by atoms with van der Waals surface area (Å²) in [5, 5.41) is 19.3. The number of likely N-dealkylation sites (tertiary alicyclic amines) is 1. The molecule has 0 spiro atoms. The number of hydrogen-bond donors (Lipinski definition) is 3. The van der Waals surface area contributed by atoms with Gasteiger partial charge in [-0.25, -0.2) is 0 Å². The summed E-state index contributed by atoms with van der Waals surface area (Å²) < 4.78 is 0. The average Bonchev–Trinajstić information content (AvgIpc) is 2.57. The molecule has 7 nitrogen and oxygen atoms in total. The van der Waals surface area contributed by atoms with Crippen molar-refractivity contribution in [1.82, 2.24) is 10.2 Å². The Morgan fingerprint density at radius 3 is 2.69 bits per heavy atom. The molecule has 16 heavy (non-hydrogen) atoms.